The van der Waals surface area contributed by atoms with E-state index in [2.05, 4.69) is 20.5 Å². The highest BCUT2D eigenvalue weighted by Gasteiger charge is 2.30. The predicted octanol–water partition coefficient (Wildman–Crippen LogP) is 0.697. The molecule has 0 unspecified atom stereocenters. The van der Waals surface area contributed by atoms with Crippen molar-refractivity contribution in [1.82, 2.24) is 19.5 Å². The van der Waals surface area contributed by atoms with Crippen molar-refractivity contribution < 1.29 is 18.1 Å². The second-order valence-electron chi connectivity index (χ2n) is 5.97. The quantitative estimate of drug-likeness (QED) is 0.514. The molecule has 1 aliphatic rings. The molecule has 1 aromatic heterocycles. The van der Waals surface area contributed by atoms with Crippen molar-refractivity contribution in [3.63, 3.8) is 0 Å². The number of H-pyrrole nitrogens is 1. The maximum absolute atomic E-state index is 13.0. The fraction of sp³-hybridized carbons (Fsp3) is 0.467. The first kappa shape index (κ1) is 19.2. The van der Waals surface area contributed by atoms with E-state index < -0.39 is 14.9 Å². The SMILES string of the molecule is Cc1nc(CCNc2ccc([N+](=O)[O-])cc2S(=O)(=O)N2CCOCC2)n[nH]1. The summed E-state index contributed by atoms with van der Waals surface area (Å²) in [5.41, 5.74) is 0.0244. The van der Waals surface area contributed by atoms with E-state index in [4.69, 9.17) is 4.74 Å². The molecule has 0 aliphatic carbocycles. The van der Waals surface area contributed by atoms with Crippen molar-refractivity contribution in [2.24, 2.45) is 0 Å². The number of aryl methyl sites for hydroxylation is 1. The summed E-state index contributed by atoms with van der Waals surface area (Å²) in [6.45, 7) is 3.16. The van der Waals surface area contributed by atoms with Crippen molar-refractivity contribution in [3.8, 4) is 0 Å². The van der Waals surface area contributed by atoms with E-state index >= 15 is 0 Å². The van der Waals surface area contributed by atoms with Crippen molar-refractivity contribution in [3.05, 3.63) is 40.0 Å². The molecule has 2 N–H and O–H groups in total. The number of rotatable bonds is 7. The minimum absolute atomic E-state index is 0.121. The zero-order chi connectivity index (χ0) is 19.4. The molecule has 1 saturated heterocycles. The summed E-state index contributed by atoms with van der Waals surface area (Å²) in [5.74, 6) is 1.29. The number of benzene rings is 1. The number of hydrogen-bond donors (Lipinski definition) is 2. The topological polar surface area (TPSA) is 143 Å². The van der Waals surface area contributed by atoms with Gasteiger partial charge in [0.2, 0.25) is 10.0 Å². The summed E-state index contributed by atoms with van der Waals surface area (Å²) >= 11 is 0. The standard InChI is InChI=1S/C15H20N6O5S/c1-11-17-15(19-18-11)4-5-16-13-3-2-12(21(22)23)10-14(13)27(24,25)20-6-8-26-9-7-20/h2-3,10,16H,4-9H2,1H3,(H,17,18,19). The first-order chi connectivity index (χ1) is 12.9. The van der Waals surface area contributed by atoms with E-state index in [1.54, 1.807) is 6.92 Å². The van der Waals surface area contributed by atoms with Crippen molar-refractivity contribution >= 4 is 21.4 Å². The highest BCUT2D eigenvalue weighted by molar-refractivity contribution is 7.89. The Morgan fingerprint density at radius 3 is 2.74 bits per heavy atom. The highest BCUT2D eigenvalue weighted by Crippen LogP contribution is 2.29. The van der Waals surface area contributed by atoms with Crippen LogP contribution in [0, 0.1) is 17.0 Å². The van der Waals surface area contributed by atoms with Crippen molar-refractivity contribution in [2.75, 3.05) is 38.2 Å². The molecule has 0 spiro atoms. The summed E-state index contributed by atoms with van der Waals surface area (Å²) in [7, 11) is -3.89. The zero-order valence-electron chi connectivity index (χ0n) is 14.7. The number of nitro benzene ring substituents is 1. The fourth-order valence-corrected chi connectivity index (χ4v) is 4.32. The second-order valence-corrected chi connectivity index (χ2v) is 7.87. The lowest BCUT2D eigenvalue weighted by molar-refractivity contribution is -0.385. The number of ether oxygens (including phenoxy) is 1. The lowest BCUT2D eigenvalue weighted by Crippen LogP contribution is -2.40. The molecule has 1 fully saturated rings. The third-order valence-electron chi connectivity index (χ3n) is 4.07. The largest absolute Gasteiger partial charge is 0.383 e. The molecular formula is C15H20N6O5S. The van der Waals surface area contributed by atoms with Crippen LogP contribution in [0.5, 0.6) is 0 Å². The number of nitro groups is 1. The van der Waals surface area contributed by atoms with E-state index in [-0.39, 0.29) is 23.7 Å². The van der Waals surface area contributed by atoms with Crippen LogP contribution < -0.4 is 5.32 Å². The average molecular weight is 396 g/mol. The van der Waals surface area contributed by atoms with Crippen LogP contribution in [0.1, 0.15) is 11.6 Å². The van der Waals surface area contributed by atoms with Crippen LogP contribution in [0.4, 0.5) is 11.4 Å². The van der Waals surface area contributed by atoms with Gasteiger partial charge in [0.1, 0.15) is 10.7 Å². The summed E-state index contributed by atoms with van der Waals surface area (Å²) in [4.78, 5) is 14.6. The predicted molar refractivity (Wildman–Crippen MR) is 96.0 cm³/mol. The van der Waals surface area contributed by atoms with Crippen LogP contribution in [0.3, 0.4) is 0 Å². The van der Waals surface area contributed by atoms with E-state index in [1.807, 2.05) is 0 Å². The summed E-state index contributed by atoms with van der Waals surface area (Å²) in [6.07, 6.45) is 0.471. The molecule has 0 radical (unpaired) electrons. The van der Waals surface area contributed by atoms with Crippen molar-refractivity contribution in [1.29, 1.82) is 0 Å². The maximum atomic E-state index is 13.0. The van der Waals surface area contributed by atoms with E-state index in [1.165, 1.54) is 16.4 Å². The minimum atomic E-state index is -3.89. The Balaban J connectivity index is 1.85. The van der Waals surface area contributed by atoms with Gasteiger partial charge in [-0.3, -0.25) is 15.2 Å². The number of nitrogens with zero attached hydrogens (tertiary/aromatic N) is 4. The fourth-order valence-electron chi connectivity index (χ4n) is 2.72. The molecule has 0 bridgehead atoms. The van der Waals surface area contributed by atoms with E-state index in [0.29, 0.717) is 43.5 Å². The number of non-ortho nitro benzene ring substituents is 1. The first-order valence-electron chi connectivity index (χ1n) is 8.36. The Kier molecular flexibility index (Phi) is 5.68. The lowest BCUT2D eigenvalue weighted by atomic mass is 10.2. The lowest BCUT2D eigenvalue weighted by Gasteiger charge is -2.27. The monoisotopic (exact) mass is 396 g/mol. The minimum Gasteiger partial charge on any atom is -0.383 e. The zero-order valence-corrected chi connectivity index (χ0v) is 15.5. The van der Waals surface area contributed by atoms with Gasteiger partial charge in [0, 0.05) is 38.2 Å². The number of hydrogen-bond acceptors (Lipinski definition) is 8. The highest BCUT2D eigenvalue weighted by atomic mass is 32.2. The summed E-state index contributed by atoms with van der Waals surface area (Å²) in [6, 6.07) is 3.77. The number of anilines is 1. The Morgan fingerprint density at radius 2 is 2.11 bits per heavy atom. The van der Waals surface area contributed by atoms with Crippen LogP contribution in [0.25, 0.3) is 0 Å². The molecule has 1 aromatic carbocycles. The van der Waals surface area contributed by atoms with Crippen LogP contribution in [-0.4, -0.2) is 65.7 Å². The van der Waals surface area contributed by atoms with Crippen LogP contribution in [-0.2, 0) is 21.2 Å². The van der Waals surface area contributed by atoms with Gasteiger partial charge < -0.3 is 10.1 Å². The van der Waals surface area contributed by atoms with Gasteiger partial charge in [-0.1, -0.05) is 0 Å². The molecule has 11 nitrogen and oxygen atoms in total. The number of aromatic amines is 1. The van der Waals surface area contributed by atoms with Crippen LogP contribution in [0.2, 0.25) is 0 Å². The Morgan fingerprint density at radius 1 is 1.37 bits per heavy atom. The molecular weight excluding hydrogens is 376 g/mol. The van der Waals surface area contributed by atoms with Gasteiger partial charge in [0.05, 0.1) is 23.8 Å². The molecule has 0 amide bonds. The van der Waals surface area contributed by atoms with Gasteiger partial charge in [-0.2, -0.15) is 9.40 Å². The van der Waals surface area contributed by atoms with Gasteiger partial charge in [-0.15, -0.1) is 0 Å². The Labute approximate surface area is 155 Å². The molecule has 146 valence electrons. The Bertz CT molecular complexity index is 923. The number of nitrogens with one attached hydrogen (secondary N) is 2. The molecule has 27 heavy (non-hydrogen) atoms. The third kappa shape index (κ3) is 4.40. The van der Waals surface area contributed by atoms with Gasteiger partial charge in [0.15, 0.2) is 5.82 Å². The second kappa shape index (κ2) is 7.98. The molecule has 3 rings (SSSR count). The molecule has 0 saturated carbocycles. The summed E-state index contributed by atoms with van der Waals surface area (Å²) in [5, 5.41) is 20.9. The molecule has 0 atom stereocenters. The van der Waals surface area contributed by atoms with Gasteiger partial charge >= 0.3 is 0 Å². The number of sulfonamides is 1. The van der Waals surface area contributed by atoms with E-state index in [9.17, 15) is 18.5 Å². The van der Waals surface area contributed by atoms with Crippen molar-refractivity contribution in [2.45, 2.75) is 18.2 Å². The normalized spacial score (nSPS) is 15.6. The van der Waals surface area contributed by atoms with Crippen LogP contribution in [0.15, 0.2) is 23.1 Å². The van der Waals surface area contributed by atoms with Crippen LogP contribution >= 0.6 is 0 Å². The maximum Gasteiger partial charge on any atom is 0.270 e. The molecule has 2 heterocycles. The van der Waals surface area contributed by atoms with Gasteiger partial charge in [-0.05, 0) is 13.0 Å². The average Bonchev–Trinajstić information content (AvgIpc) is 3.07. The van der Waals surface area contributed by atoms with E-state index in [0.717, 1.165) is 6.07 Å². The van der Waals surface area contributed by atoms with Gasteiger partial charge in [-0.25, -0.2) is 13.4 Å². The number of morpholine rings is 1. The van der Waals surface area contributed by atoms with Gasteiger partial charge in [0.25, 0.3) is 5.69 Å². The number of aromatic nitrogens is 3. The molecule has 1 aliphatic heterocycles. The summed E-state index contributed by atoms with van der Waals surface area (Å²) < 4.78 is 32.5. The first-order valence-corrected chi connectivity index (χ1v) is 9.80. The smallest absolute Gasteiger partial charge is 0.270 e. The Hall–Kier alpha value is -2.57. The third-order valence-corrected chi connectivity index (χ3v) is 6.01. The molecule has 12 heteroatoms. The molecule has 2 aromatic rings.